The van der Waals surface area contributed by atoms with Gasteiger partial charge in [0, 0.05) is 17.8 Å². The van der Waals surface area contributed by atoms with Gasteiger partial charge in [0.05, 0.1) is 25.0 Å². The zero-order valence-corrected chi connectivity index (χ0v) is 19.7. The molecule has 2 heterocycles. The zero-order chi connectivity index (χ0) is 24.9. The van der Waals surface area contributed by atoms with E-state index in [0.717, 1.165) is 5.75 Å². The molecule has 1 unspecified atom stereocenters. The third-order valence-electron chi connectivity index (χ3n) is 5.61. The van der Waals surface area contributed by atoms with Crippen molar-refractivity contribution in [1.29, 1.82) is 0 Å². The average Bonchev–Trinajstić information content (AvgIpc) is 2.87. The monoisotopic (exact) mass is 478 g/mol. The van der Waals surface area contributed by atoms with E-state index in [1.807, 2.05) is 28.8 Å². The number of benzene rings is 2. The molecule has 1 N–H and O–H groups in total. The molecule has 0 radical (unpaired) electrons. The smallest absolute Gasteiger partial charge is 0.262 e. The molecule has 1 aliphatic heterocycles. The van der Waals surface area contributed by atoms with Crippen molar-refractivity contribution in [2.45, 2.75) is 26.5 Å². The minimum Gasteiger partial charge on any atom is -0.497 e. The molecule has 0 fully saturated rings. The fraction of sp³-hybridized carbons (Fsp3) is 0.269. The largest absolute Gasteiger partial charge is 0.497 e. The summed E-state index contributed by atoms with van der Waals surface area (Å²) in [4.78, 5) is 37.1. The van der Waals surface area contributed by atoms with Gasteiger partial charge in [-0.3, -0.25) is 14.4 Å². The van der Waals surface area contributed by atoms with Crippen LogP contribution in [0, 0.1) is 6.92 Å². The van der Waals surface area contributed by atoms with Gasteiger partial charge in [-0.1, -0.05) is 0 Å². The minimum atomic E-state index is -0.925. The molecule has 0 saturated carbocycles. The van der Waals surface area contributed by atoms with Gasteiger partial charge in [0.15, 0.2) is 18.5 Å². The number of rotatable bonds is 9. The Morgan fingerprint density at radius 1 is 1.11 bits per heavy atom. The fourth-order valence-electron chi connectivity index (χ4n) is 3.67. The van der Waals surface area contributed by atoms with Crippen LogP contribution in [-0.4, -0.2) is 42.7 Å². The number of methoxy groups -OCH3 is 1. The lowest BCUT2D eigenvalue weighted by Crippen LogP contribution is -2.29. The first-order valence-electron chi connectivity index (χ1n) is 11.1. The predicted octanol–water partition coefficient (Wildman–Crippen LogP) is 3.23. The van der Waals surface area contributed by atoms with E-state index in [-0.39, 0.29) is 29.5 Å². The van der Waals surface area contributed by atoms with Crippen molar-refractivity contribution in [3.8, 4) is 23.0 Å². The van der Waals surface area contributed by atoms with Crippen LogP contribution < -0.4 is 29.7 Å². The van der Waals surface area contributed by atoms with Gasteiger partial charge in [-0.2, -0.15) is 0 Å². The first-order chi connectivity index (χ1) is 16.9. The van der Waals surface area contributed by atoms with Gasteiger partial charge in [-0.15, -0.1) is 0 Å². The summed E-state index contributed by atoms with van der Waals surface area (Å²) >= 11 is 0. The number of nitrogens with one attached hydrogen (secondary N) is 1. The summed E-state index contributed by atoms with van der Waals surface area (Å²) in [6.45, 7) is 4.12. The topological polar surface area (TPSA) is 105 Å². The van der Waals surface area contributed by atoms with E-state index in [2.05, 4.69) is 5.32 Å². The van der Waals surface area contributed by atoms with Gasteiger partial charge in [-0.25, -0.2) is 0 Å². The summed E-state index contributed by atoms with van der Waals surface area (Å²) in [6.07, 6.45) is 0.742. The zero-order valence-electron chi connectivity index (χ0n) is 19.7. The third-order valence-corrected chi connectivity index (χ3v) is 5.61. The van der Waals surface area contributed by atoms with Gasteiger partial charge in [-0.05, 0) is 56.3 Å². The van der Waals surface area contributed by atoms with Gasteiger partial charge >= 0.3 is 0 Å². The molecule has 35 heavy (non-hydrogen) atoms. The first-order valence-corrected chi connectivity index (χ1v) is 11.1. The number of amides is 1. The summed E-state index contributed by atoms with van der Waals surface area (Å²) in [5, 5.41) is 2.68. The van der Waals surface area contributed by atoms with Crippen molar-refractivity contribution in [3.63, 3.8) is 0 Å². The van der Waals surface area contributed by atoms with E-state index in [4.69, 9.17) is 18.9 Å². The molecule has 0 spiro atoms. The molecule has 9 heteroatoms. The van der Waals surface area contributed by atoms with Gasteiger partial charge in [0.25, 0.3) is 5.91 Å². The normalized spacial score (nSPS) is 13.2. The predicted molar refractivity (Wildman–Crippen MR) is 129 cm³/mol. The number of nitrogens with zero attached hydrogens (tertiary/aromatic N) is 1. The van der Waals surface area contributed by atoms with Crippen LogP contribution in [-0.2, 0) is 11.3 Å². The Hall–Kier alpha value is -4.27. The van der Waals surface area contributed by atoms with Crippen LogP contribution in [0.3, 0.4) is 0 Å². The molecule has 0 aliphatic carbocycles. The molecule has 1 aliphatic rings. The highest BCUT2D eigenvalue weighted by molar-refractivity contribution is 6.02. The van der Waals surface area contributed by atoms with Gasteiger partial charge < -0.3 is 28.8 Å². The van der Waals surface area contributed by atoms with Crippen LogP contribution in [0.2, 0.25) is 0 Å². The fourth-order valence-corrected chi connectivity index (χ4v) is 3.67. The Kier molecular flexibility index (Phi) is 7.05. The van der Waals surface area contributed by atoms with Crippen molar-refractivity contribution in [3.05, 3.63) is 76.2 Å². The quantitative estimate of drug-likeness (QED) is 0.471. The number of ketones is 1. The molecule has 1 atom stereocenters. The molecule has 1 aromatic heterocycles. The van der Waals surface area contributed by atoms with Crippen molar-refractivity contribution in [2.24, 2.45) is 0 Å². The SMILES string of the molecule is COc1ccc(OCCn2ccc(=O)c(OC(C)C(=O)c3ccc4c(c3)NC(=O)CO4)c2C)cc1. The summed E-state index contributed by atoms with van der Waals surface area (Å²) in [7, 11) is 1.60. The molecule has 9 nitrogen and oxygen atoms in total. The number of carbonyl (C=O) groups is 2. The van der Waals surface area contributed by atoms with Crippen LogP contribution in [0.1, 0.15) is 23.0 Å². The van der Waals surface area contributed by atoms with E-state index < -0.39 is 6.10 Å². The highest BCUT2D eigenvalue weighted by atomic mass is 16.5. The second-order valence-corrected chi connectivity index (χ2v) is 7.98. The summed E-state index contributed by atoms with van der Waals surface area (Å²) in [6, 6.07) is 13.4. The Bertz CT molecular complexity index is 1300. The number of anilines is 1. The number of ether oxygens (including phenoxy) is 4. The standard InChI is InChI=1S/C26H26N2O7/c1-16-26(22(29)10-11-28(16)12-13-33-20-7-5-19(32-3)6-8-20)35-17(2)25(31)18-4-9-23-21(14-18)27-24(30)15-34-23/h4-11,14,17H,12-13,15H2,1-3H3,(H,27,30). The van der Waals surface area contributed by atoms with Crippen molar-refractivity contribution in [1.82, 2.24) is 4.57 Å². The van der Waals surface area contributed by atoms with E-state index in [0.29, 0.717) is 41.6 Å². The lowest BCUT2D eigenvalue weighted by atomic mass is 10.1. The Morgan fingerprint density at radius 2 is 1.86 bits per heavy atom. The second-order valence-electron chi connectivity index (χ2n) is 7.98. The Morgan fingerprint density at radius 3 is 2.60 bits per heavy atom. The highest BCUT2D eigenvalue weighted by Crippen LogP contribution is 2.29. The number of hydrogen-bond donors (Lipinski definition) is 1. The van der Waals surface area contributed by atoms with Crippen LogP contribution in [0.5, 0.6) is 23.0 Å². The molecule has 1 amide bonds. The maximum absolute atomic E-state index is 13.0. The maximum atomic E-state index is 13.0. The summed E-state index contributed by atoms with van der Waals surface area (Å²) in [5.41, 5.74) is 1.03. The average molecular weight is 479 g/mol. The molecule has 3 aromatic rings. The lowest BCUT2D eigenvalue weighted by molar-refractivity contribution is -0.118. The Labute approximate surface area is 202 Å². The number of carbonyl (C=O) groups excluding carboxylic acids is 2. The van der Waals surface area contributed by atoms with Crippen molar-refractivity contribution < 1.29 is 28.5 Å². The van der Waals surface area contributed by atoms with Crippen LogP contribution in [0.25, 0.3) is 0 Å². The van der Waals surface area contributed by atoms with Gasteiger partial charge in [0.2, 0.25) is 11.2 Å². The first kappa shape index (κ1) is 23.9. The number of aromatic nitrogens is 1. The summed E-state index contributed by atoms with van der Waals surface area (Å²) < 4.78 is 23.9. The van der Waals surface area contributed by atoms with Gasteiger partial charge in [0.1, 0.15) is 23.9 Å². The van der Waals surface area contributed by atoms with Crippen molar-refractivity contribution in [2.75, 3.05) is 25.6 Å². The molecule has 182 valence electrons. The minimum absolute atomic E-state index is 0.0650. The number of pyridine rings is 1. The highest BCUT2D eigenvalue weighted by Gasteiger charge is 2.23. The second kappa shape index (κ2) is 10.3. The number of hydrogen-bond acceptors (Lipinski definition) is 7. The van der Waals surface area contributed by atoms with Crippen LogP contribution in [0.4, 0.5) is 5.69 Å². The number of fused-ring (bicyclic) bond motifs is 1. The molecule has 4 rings (SSSR count). The lowest BCUT2D eigenvalue weighted by Gasteiger charge is -2.20. The van der Waals surface area contributed by atoms with Crippen molar-refractivity contribution >= 4 is 17.4 Å². The van der Waals surface area contributed by atoms with Crippen LogP contribution in [0.15, 0.2) is 59.5 Å². The molecule has 2 aromatic carbocycles. The molecular formula is C26H26N2O7. The maximum Gasteiger partial charge on any atom is 0.262 e. The van der Waals surface area contributed by atoms with E-state index in [9.17, 15) is 14.4 Å². The summed E-state index contributed by atoms with van der Waals surface area (Å²) in [5.74, 6) is 1.42. The van der Waals surface area contributed by atoms with E-state index in [1.54, 1.807) is 45.4 Å². The molecular weight excluding hydrogens is 452 g/mol. The Balaban J connectivity index is 1.43. The number of Topliss-reactive ketones (excluding diaryl/α,β-unsaturated/α-hetero) is 1. The van der Waals surface area contributed by atoms with Crippen LogP contribution >= 0.6 is 0 Å². The molecule has 0 bridgehead atoms. The molecule has 0 saturated heterocycles. The van der Waals surface area contributed by atoms with E-state index in [1.165, 1.54) is 6.07 Å². The third kappa shape index (κ3) is 5.46. The van der Waals surface area contributed by atoms with E-state index >= 15 is 0 Å².